The van der Waals surface area contributed by atoms with Crippen molar-refractivity contribution in [3.63, 3.8) is 0 Å². The number of urea groups is 1. The quantitative estimate of drug-likeness (QED) is 0.357. The first-order chi connectivity index (χ1) is 22.4. The summed E-state index contributed by atoms with van der Waals surface area (Å²) in [5, 5.41) is 6.61. The standard InChI is InChI=1S/C33H32ClF3N6O4/c34-24-10-8-21(9-11-24)15-27(40-28(44)26-16-22-5-1-2-6-23(22)18-39-26)29(45)41-13-14-43-31(47)42(20-33(35,36)37)30(46)32(43,19-41)17-25-7-3-4-12-38-25/h1-12,26-27,39H,13-20H2,(H,40,44). The van der Waals surface area contributed by atoms with Gasteiger partial charge in [-0.3, -0.25) is 24.3 Å². The van der Waals surface area contributed by atoms with E-state index in [1.165, 1.54) is 11.1 Å². The highest BCUT2D eigenvalue weighted by atomic mass is 35.5. The van der Waals surface area contributed by atoms with Gasteiger partial charge < -0.3 is 20.4 Å². The number of fused-ring (bicyclic) bond motifs is 2. The molecule has 246 valence electrons. The molecule has 0 bridgehead atoms. The molecule has 2 saturated heterocycles. The van der Waals surface area contributed by atoms with Gasteiger partial charge in [0, 0.05) is 49.4 Å². The number of hydrogen-bond donors (Lipinski definition) is 2. The number of rotatable bonds is 8. The Morgan fingerprint density at radius 3 is 2.45 bits per heavy atom. The minimum Gasteiger partial charge on any atom is -0.343 e. The molecule has 0 radical (unpaired) electrons. The van der Waals surface area contributed by atoms with Crippen molar-refractivity contribution in [1.29, 1.82) is 0 Å². The minimum absolute atomic E-state index is 0.0519. The van der Waals surface area contributed by atoms with Gasteiger partial charge in [0.05, 0.1) is 12.6 Å². The van der Waals surface area contributed by atoms with Crippen molar-refractivity contribution in [2.45, 2.75) is 49.6 Å². The molecule has 47 heavy (non-hydrogen) atoms. The molecule has 6 rings (SSSR count). The van der Waals surface area contributed by atoms with Crippen LogP contribution in [0.3, 0.4) is 0 Å². The number of pyridine rings is 1. The van der Waals surface area contributed by atoms with Gasteiger partial charge in [-0.05, 0) is 47.4 Å². The van der Waals surface area contributed by atoms with E-state index in [1.807, 2.05) is 24.3 Å². The molecular formula is C33H32ClF3N6O4. The highest BCUT2D eigenvalue weighted by molar-refractivity contribution is 6.30. The van der Waals surface area contributed by atoms with Gasteiger partial charge in [-0.2, -0.15) is 13.2 Å². The van der Waals surface area contributed by atoms with Gasteiger partial charge in [0.25, 0.3) is 5.91 Å². The van der Waals surface area contributed by atoms with Gasteiger partial charge in [0.15, 0.2) is 0 Å². The fourth-order valence-corrected chi connectivity index (χ4v) is 6.71. The molecule has 14 heteroatoms. The molecule has 2 N–H and O–H groups in total. The van der Waals surface area contributed by atoms with Crippen molar-refractivity contribution >= 4 is 35.4 Å². The van der Waals surface area contributed by atoms with E-state index in [4.69, 9.17) is 11.6 Å². The fraction of sp³-hybridized carbons (Fsp3) is 0.364. The first kappa shape index (κ1) is 32.5. The van der Waals surface area contributed by atoms with E-state index in [0.717, 1.165) is 16.0 Å². The Hall–Kier alpha value is -4.49. The zero-order valence-electron chi connectivity index (χ0n) is 25.2. The first-order valence-electron chi connectivity index (χ1n) is 15.2. The van der Waals surface area contributed by atoms with Crippen LogP contribution in [0.1, 0.15) is 22.4 Å². The van der Waals surface area contributed by atoms with Crippen molar-refractivity contribution < 1.29 is 32.3 Å². The summed E-state index contributed by atoms with van der Waals surface area (Å²) in [7, 11) is 0. The monoisotopic (exact) mass is 668 g/mol. The van der Waals surface area contributed by atoms with E-state index >= 15 is 0 Å². The van der Waals surface area contributed by atoms with Crippen LogP contribution in [0.25, 0.3) is 0 Å². The summed E-state index contributed by atoms with van der Waals surface area (Å²) in [5.74, 6) is -1.97. The highest BCUT2D eigenvalue weighted by Gasteiger charge is 2.61. The third kappa shape index (κ3) is 6.82. The smallest absolute Gasteiger partial charge is 0.343 e. The number of halogens is 4. The van der Waals surface area contributed by atoms with Crippen LogP contribution in [0, 0.1) is 0 Å². The average molecular weight is 669 g/mol. The predicted octanol–water partition coefficient (Wildman–Crippen LogP) is 3.13. The van der Waals surface area contributed by atoms with Crippen molar-refractivity contribution in [2.24, 2.45) is 0 Å². The number of amides is 5. The molecule has 2 aromatic carbocycles. The summed E-state index contributed by atoms with van der Waals surface area (Å²) in [6.07, 6.45) is -3.03. The van der Waals surface area contributed by atoms with Crippen LogP contribution in [0.5, 0.6) is 0 Å². The number of hydrogen-bond acceptors (Lipinski definition) is 6. The molecule has 3 aromatic rings. The Labute approximate surface area is 273 Å². The number of nitrogens with one attached hydrogen (secondary N) is 2. The van der Waals surface area contributed by atoms with Crippen molar-refractivity contribution in [2.75, 3.05) is 26.2 Å². The first-order valence-corrected chi connectivity index (χ1v) is 15.6. The maximum Gasteiger partial charge on any atom is 0.406 e. The molecular weight excluding hydrogens is 637 g/mol. The third-order valence-electron chi connectivity index (χ3n) is 8.88. The van der Waals surface area contributed by atoms with Gasteiger partial charge in [-0.25, -0.2) is 4.79 Å². The van der Waals surface area contributed by atoms with Crippen LogP contribution in [-0.4, -0.2) is 93.4 Å². The number of piperazine rings is 1. The molecule has 4 heterocycles. The number of carbonyl (C=O) groups excluding carboxylic acids is 4. The molecule has 3 unspecified atom stereocenters. The number of nitrogens with zero attached hydrogens (tertiary/aromatic N) is 4. The van der Waals surface area contributed by atoms with Crippen LogP contribution in [0.15, 0.2) is 72.9 Å². The molecule has 10 nitrogen and oxygen atoms in total. The van der Waals surface area contributed by atoms with Gasteiger partial charge in [-0.1, -0.05) is 54.1 Å². The maximum absolute atomic E-state index is 14.3. The number of carbonyl (C=O) groups is 4. The molecule has 0 spiro atoms. The van der Waals surface area contributed by atoms with E-state index in [9.17, 15) is 32.3 Å². The van der Waals surface area contributed by atoms with E-state index < -0.39 is 54.1 Å². The summed E-state index contributed by atoms with van der Waals surface area (Å²) >= 11 is 6.07. The lowest BCUT2D eigenvalue weighted by molar-refractivity contribution is -0.157. The Kier molecular flexibility index (Phi) is 8.95. The number of benzene rings is 2. The number of aromatic nitrogens is 1. The SMILES string of the molecule is O=C(NC(Cc1ccc(Cl)cc1)C(=O)N1CCN2C(=O)N(CC(F)(F)F)C(=O)C2(Cc2ccccn2)C1)C1Cc2ccccc2CN1. The largest absolute Gasteiger partial charge is 0.406 e. The lowest BCUT2D eigenvalue weighted by atomic mass is 9.88. The lowest BCUT2D eigenvalue weighted by Gasteiger charge is -2.45. The van der Waals surface area contributed by atoms with Gasteiger partial charge in [-0.15, -0.1) is 0 Å². The summed E-state index contributed by atoms with van der Waals surface area (Å²) in [6.45, 7) is -1.87. The van der Waals surface area contributed by atoms with E-state index in [1.54, 1.807) is 42.5 Å². The third-order valence-corrected chi connectivity index (χ3v) is 9.13. The summed E-state index contributed by atoms with van der Waals surface area (Å²) in [5.41, 5.74) is 1.37. The Morgan fingerprint density at radius 1 is 1.02 bits per heavy atom. The van der Waals surface area contributed by atoms with Crippen LogP contribution < -0.4 is 10.6 Å². The summed E-state index contributed by atoms with van der Waals surface area (Å²) in [4.78, 5) is 61.9. The van der Waals surface area contributed by atoms with Gasteiger partial charge in [0.1, 0.15) is 18.1 Å². The maximum atomic E-state index is 14.3. The van der Waals surface area contributed by atoms with Crippen LogP contribution in [0.4, 0.5) is 18.0 Å². The molecule has 2 fully saturated rings. The topological polar surface area (TPSA) is 115 Å². The normalized spacial score (nSPS) is 21.7. The highest BCUT2D eigenvalue weighted by Crippen LogP contribution is 2.36. The minimum atomic E-state index is -4.82. The summed E-state index contributed by atoms with van der Waals surface area (Å²) in [6, 6.07) is 16.7. The zero-order valence-corrected chi connectivity index (χ0v) is 25.9. The second kappa shape index (κ2) is 13.0. The Bertz CT molecular complexity index is 1670. The summed E-state index contributed by atoms with van der Waals surface area (Å²) < 4.78 is 40.5. The molecule has 3 atom stereocenters. The Morgan fingerprint density at radius 2 is 1.74 bits per heavy atom. The average Bonchev–Trinajstić information content (AvgIpc) is 3.25. The van der Waals surface area contributed by atoms with E-state index in [-0.39, 0.29) is 37.4 Å². The number of alkyl halides is 3. The molecule has 3 aliphatic rings. The van der Waals surface area contributed by atoms with E-state index in [0.29, 0.717) is 29.2 Å². The second-order valence-corrected chi connectivity index (χ2v) is 12.5. The zero-order chi connectivity index (χ0) is 33.3. The van der Waals surface area contributed by atoms with E-state index in [2.05, 4.69) is 15.6 Å². The molecule has 5 amide bonds. The number of imide groups is 1. The molecule has 0 saturated carbocycles. The second-order valence-electron chi connectivity index (χ2n) is 12.0. The molecule has 1 aromatic heterocycles. The van der Waals surface area contributed by atoms with Gasteiger partial charge in [0.2, 0.25) is 11.8 Å². The van der Waals surface area contributed by atoms with Gasteiger partial charge >= 0.3 is 12.2 Å². The predicted molar refractivity (Wildman–Crippen MR) is 165 cm³/mol. The lowest BCUT2D eigenvalue weighted by Crippen LogP contribution is -2.67. The van der Waals surface area contributed by atoms with Crippen molar-refractivity contribution in [3.8, 4) is 0 Å². The van der Waals surface area contributed by atoms with Crippen LogP contribution in [0.2, 0.25) is 5.02 Å². The van der Waals surface area contributed by atoms with Crippen LogP contribution >= 0.6 is 11.6 Å². The molecule has 0 aliphatic carbocycles. The van der Waals surface area contributed by atoms with Crippen molar-refractivity contribution in [1.82, 2.24) is 30.3 Å². The fourth-order valence-electron chi connectivity index (χ4n) is 6.59. The van der Waals surface area contributed by atoms with Crippen molar-refractivity contribution in [3.05, 3.63) is 100 Å². The molecule has 3 aliphatic heterocycles. The Balaban J connectivity index is 1.28. The van der Waals surface area contributed by atoms with Crippen LogP contribution in [-0.2, 0) is 40.2 Å².